The third kappa shape index (κ3) is 1.53. The van der Waals surface area contributed by atoms with Crippen LogP contribution in [0.3, 0.4) is 0 Å². The van der Waals surface area contributed by atoms with Crippen LogP contribution in [0, 0.1) is 0 Å². The Morgan fingerprint density at radius 2 is 2.00 bits per heavy atom. The summed E-state index contributed by atoms with van der Waals surface area (Å²) in [4.78, 5) is 11.4. The number of benzene rings is 1. The van der Waals surface area contributed by atoms with Gasteiger partial charge in [-0.15, -0.1) is 0 Å². The maximum atomic E-state index is 11.4. The van der Waals surface area contributed by atoms with E-state index in [-0.39, 0.29) is 10.9 Å². The molecule has 2 aromatic rings. The topological polar surface area (TPSA) is 22.0 Å². The van der Waals surface area contributed by atoms with E-state index >= 15 is 0 Å². The molecule has 0 amide bonds. The first-order valence-electron chi connectivity index (χ1n) is 4.19. The second-order valence-corrected chi connectivity index (χ2v) is 4.24. The molecule has 1 aromatic carbocycles. The van der Waals surface area contributed by atoms with Crippen LogP contribution in [0.15, 0.2) is 18.2 Å². The quantitative estimate of drug-likeness (QED) is 0.708. The lowest BCUT2D eigenvalue weighted by Crippen LogP contribution is -1.91. The predicted molar refractivity (Wildman–Crippen MR) is 63.2 cm³/mol. The molecule has 1 aromatic heterocycles. The van der Waals surface area contributed by atoms with E-state index in [4.69, 9.17) is 35.0 Å². The standard InChI is InChI=1S/C10H6Cl3NO/c1-5(15)8-9-6(11)3-2-4-7(9)14(13)10(8)12/h2-4H,1H3. The number of carbonyl (C=O) groups is 1. The molecular formula is C10H6Cl3NO. The molecule has 0 fully saturated rings. The van der Waals surface area contributed by atoms with Crippen molar-refractivity contribution in [1.82, 2.24) is 4.09 Å². The first kappa shape index (κ1) is 10.8. The summed E-state index contributed by atoms with van der Waals surface area (Å²) < 4.78 is 1.24. The molecule has 0 atom stereocenters. The number of nitrogens with zero attached hydrogens (tertiary/aromatic N) is 1. The van der Waals surface area contributed by atoms with Gasteiger partial charge >= 0.3 is 0 Å². The van der Waals surface area contributed by atoms with Crippen molar-refractivity contribution in [2.24, 2.45) is 0 Å². The minimum absolute atomic E-state index is 0.155. The third-order valence-electron chi connectivity index (χ3n) is 2.18. The second-order valence-electron chi connectivity index (χ2n) is 3.14. The van der Waals surface area contributed by atoms with Gasteiger partial charge in [0.2, 0.25) is 0 Å². The van der Waals surface area contributed by atoms with Crippen molar-refractivity contribution in [2.75, 3.05) is 0 Å². The van der Waals surface area contributed by atoms with Crippen LogP contribution < -0.4 is 0 Å². The number of fused-ring (bicyclic) bond motifs is 1. The molecule has 15 heavy (non-hydrogen) atoms. The van der Waals surface area contributed by atoms with Gasteiger partial charge in [0.25, 0.3) is 0 Å². The molecule has 2 nitrogen and oxygen atoms in total. The number of hydrogen-bond donors (Lipinski definition) is 0. The van der Waals surface area contributed by atoms with Gasteiger partial charge in [0, 0.05) is 17.2 Å². The van der Waals surface area contributed by atoms with Crippen molar-refractivity contribution in [3.63, 3.8) is 0 Å². The Hall–Kier alpha value is -0.700. The van der Waals surface area contributed by atoms with Crippen LogP contribution in [0.25, 0.3) is 10.9 Å². The fourth-order valence-corrected chi connectivity index (χ4v) is 2.36. The fraction of sp³-hybridized carbons (Fsp3) is 0.100. The zero-order chi connectivity index (χ0) is 11.2. The molecule has 0 aliphatic rings. The molecular weight excluding hydrogens is 256 g/mol. The van der Waals surface area contributed by atoms with Gasteiger partial charge in [-0.2, -0.15) is 0 Å². The number of rotatable bonds is 1. The summed E-state index contributed by atoms with van der Waals surface area (Å²) in [6, 6.07) is 5.21. The molecule has 0 saturated carbocycles. The van der Waals surface area contributed by atoms with Crippen LogP contribution >= 0.6 is 35.0 Å². The third-order valence-corrected chi connectivity index (χ3v) is 3.29. The lowest BCUT2D eigenvalue weighted by atomic mass is 10.1. The number of halogens is 3. The van der Waals surface area contributed by atoms with Crippen LogP contribution in [0.5, 0.6) is 0 Å². The Morgan fingerprint density at radius 3 is 2.60 bits per heavy atom. The van der Waals surface area contributed by atoms with Gasteiger partial charge in [-0.25, -0.2) is 4.09 Å². The minimum Gasteiger partial charge on any atom is -0.294 e. The normalized spacial score (nSPS) is 10.9. The van der Waals surface area contributed by atoms with E-state index in [2.05, 4.69) is 0 Å². The molecule has 2 rings (SSSR count). The number of Topliss-reactive ketones (excluding diaryl/α,β-unsaturated/α-hetero) is 1. The van der Waals surface area contributed by atoms with Gasteiger partial charge in [0.05, 0.1) is 16.1 Å². The highest BCUT2D eigenvalue weighted by molar-refractivity contribution is 6.43. The highest BCUT2D eigenvalue weighted by atomic mass is 35.5. The lowest BCUT2D eigenvalue weighted by molar-refractivity contribution is 0.101. The summed E-state index contributed by atoms with van der Waals surface area (Å²) in [5, 5.41) is 1.28. The Morgan fingerprint density at radius 1 is 1.33 bits per heavy atom. The van der Waals surface area contributed by atoms with Gasteiger partial charge in [0.15, 0.2) is 5.78 Å². The summed E-state index contributed by atoms with van der Waals surface area (Å²) in [5.41, 5.74) is 1.01. The van der Waals surface area contributed by atoms with E-state index in [0.29, 0.717) is 21.5 Å². The monoisotopic (exact) mass is 261 g/mol. The van der Waals surface area contributed by atoms with Crippen LogP contribution in [-0.4, -0.2) is 9.87 Å². The SMILES string of the molecule is CC(=O)c1c(Cl)n(Cl)c2cccc(Cl)c12. The Balaban J connectivity index is 3.02. The van der Waals surface area contributed by atoms with Gasteiger partial charge in [0.1, 0.15) is 5.15 Å². The highest BCUT2D eigenvalue weighted by Crippen LogP contribution is 2.35. The molecule has 0 saturated heterocycles. The second kappa shape index (κ2) is 3.71. The molecule has 0 spiro atoms. The van der Waals surface area contributed by atoms with E-state index in [1.54, 1.807) is 18.2 Å². The van der Waals surface area contributed by atoms with Crippen molar-refractivity contribution in [3.8, 4) is 0 Å². The van der Waals surface area contributed by atoms with Crippen molar-refractivity contribution in [1.29, 1.82) is 0 Å². The van der Waals surface area contributed by atoms with Crippen LogP contribution in [0.4, 0.5) is 0 Å². The van der Waals surface area contributed by atoms with E-state index in [9.17, 15) is 4.79 Å². The molecule has 0 radical (unpaired) electrons. The molecule has 0 aliphatic carbocycles. The summed E-state index contributed by atoms with van der Waals surface area (Å²) in [6.07, 6.45) is 0. The first-order valence-corrected chi connectivity index (χ1v) is 5.29. The van der Waals surface area contributed by atoms with Crippen molar-refractivity contribution in [2.45, 2.75) is 6.92 Å². The Bertz CT molecular complexity index is 559. The van der Waals surface area contributed by atoms with Gasteiger partial charge in [-0.05, 0) is 19.1 Å². The maximum absolute atomic E-state index is 11.4. The average molecular weight is 263 g/mol. The zero-order valence-corrected chi connectivity index (χ0v) is 9.99. The van der Waals surface area contributed by atoms with Crippen molar-refractivity contribution in [3.05, 3.63) is 33.9 Å². The molecule has 0 bridgehead atoms. The molecule has 1 heterocycles. The first-order chi connectivity index (χ1) is 7.04. The molecule has 0 aliphatic heterocycles. The van der Waals surface area contributed by atoms with Gasteiger partial charge in [-0.3, -0.25) is 4.79 Å². The average Bonchev–Trinajstić information content (AvgIpc) is 2.43. The zero-order valence-electron chi connectivity index (χ0n) is 7.72. The van der Waals surface area contributed by atoms with E-state index in [1.165, 1.54) is 11.0 Å². The summed E-state index contributed by atoms with van der Waals surface area (Å²) in [6.45, 7) is 1.43. The van der Waals surface area contributed by atoms with Crippen LogP contribution in [0.2, 0.25) is 10.2 Å². The van der Waals surface area contributed by atoms with Gasteiger partial charge < -0.3 is 0 Å². The predicted octanol–water partition coefficient (Wildman–Crippen LogP) is 4.15. The van der Waals surface area contributed by atoms with Crippen LogP contribution in [-0.2, 0) is 0 Å². The number of hydrogen-bond acceptors (Lipinski definition) is 1. The van der Waals surface area contributed by atoms with Crippen molar-refractivity contribution < 1.29 is 4.79 Å². The van der Waals surface area contributed by atoms with E-state index < -0.39 is 0 Å². The molecule has 5 heteroatoms. The number of carbonyl (C=O) groups excluding carboxylic acids is 1. The molecule has 78 valence electrons. The minimum atomic E-state index is -0.155. The smallest absolute Gasteiger partial charge is 0.163 e. The largest absolute Gasteiger partial charge is 0.294 e. The van der Waals surface area contributed by atoms with E-state index in [0.717, 1.165) is 0 Å². The summed E-state index contributed by atoms with van der Waals surface area (Å²) >= 11 is 17.9. The van der Waals surface area contributed by atoms with Gasteiger partial charge in [-0.1, -0.05) is 29.3 Å². The maximum Gasteiger partial charge on any atom is 0.163 e. The van der Waals surface area contributed by atoms with Crippen LogP contribution in [0.1, 0.15) is 17.3 Å². The molecule has 0 unspecified atom stereocenters. The Kier molecular flexibility index (Phi) is 2.67. The number of ketones is 1. The lowest BCUT2D eigenvalue weighted by Gasteiger charge is -1.95. The van der Waals surface area contributed by atoms with E-state index in [1.807, 2.05) is 0 Å². The number of aromatic nitrogens is 1. The summed E-state index contributed by atoms with van der Waals surface area (Å²) in [5.74, 6) is -0.155. The highest BCUT2D eigenvalue weighted by Gasteiger charge is 2.19. The molecule has 0 N–H and O–H groups in total. The Labute approximate surface area is 101 Å². The fourth-order valence-electron chi connectivity index (χ4n) is 1.55. The van der Waals surface area contributed by atoms with Crippen molar-refractivity contribution >= 4 is 51.7 Å². The summed E-state index contributed by atoms with van der Waals surface area (Å²) in [7, 11) is 0.